The molecule has 5 nitrogen and oxygen atoms in total. The first kappa shape index (κ1) is 39.0. The molecule has 0 bridgehead atoms. The number of rotatable bonds is 18. The molecule has 0 amide bonds. The molecule has 1 atom stereocenters. The first-order chi connectivity index (χ1) is 19.2. The minimum Gasteiger partial charge on any atom is -0.507 e. The van der Waals surface area contributed by atoms with E-state index in [0.29, 0.717) is 25.2 Å². The van der Waals surface area contributed by atoms with E-state index in [-0.39, 0.29) is 22.7 Å². The van der Waals surface area contributed by atoms with Crippen LogP contribution in [0.25, 0.3) is 0 Å². The fourth-order valence-electron chi connectivity index (χ4n) is 4.89. The van der Waals surface area contributed by atoms with Crippen LogP contribution in [0.4, 0.5) is 0 Å². The van der Waals surface area contributed by atoms with E-state index >= 15 is 0 Å². The van der Waals surface area contributed by atoms with Crippen LogP contribution in [0.2, 0.25) is 0 Å². The highest BCUT2D eigenvalue weighted by molar-refractivity contribution is 5.70. The smallest absolute Gasteiger partial charge is 0.306 e. The SMILES string of the molecule is CCCCCCCCC(Cc1cc(C(C)(C)C)c(O)c(C(C)(C)C)c1)C(=O)O.CCCCCCCCOC(=O)CC. The van der Waals surface area contributed by atoms with Crippen molar-refractivity contribution in [3.8, 4) is 5.75 Å². The fourth-order valence-corrected chi connectivity index (χ4v) is 4.89. The molecule has 0 saturated heterocycles. The van der Waals surface area contributed by atoms with E-state index in [9.17, 15) is 19.8 Å². The summed E-state index contributed by atoms with van der Waals surface area (Å²) in [6.07, 6.45) is 16.2. The summed E-state index contributed by atoms with van der Waals surface area (Å²) in [5.74, 6) is -0.798. The van der Waals surface area contributed by atoms with Crippen LogP contribution in [0.1, 0.15) is 169 Å². The molecule has 2 N–H and O–H groups in total. The number of carboxylic acids is 1. The third-order valence-corrected chi connectivity index (χ3v) is 7.57. The minimum atomic E-state index is -0.712. The summed E-state index contributed by atoms with van der Waals surface area (Å²) in [6, 6.07) is 4.03. The first-order valence-corrected chi connectivity index (χ1v) is 16.4. The van der Waals surface area contributed by atoms with Gasteiger partial charge >= 0.3 is 11.9 Å². The monoisotopic (exact) mass is 576 g/mol. The Bertz CT molecular complexity index is 825. The van der Waals surface area contributed by atoms with Crippen LogP contribution in [0.3, 0.4) is 0 Å². The van der Waals surface area contributed by atoms with Gasteiger partial charge in [-0.25, -0.2) is 0 Å². The number of ether oxygens (including phenoxy) is 1. The van der Waals surface area contributed by atoms with Crippen molar-refractivity contribution in [3.05, 3.63) is 28.8 Å². The summed E-state index contributed by atoms with van der Waals surface area (Å²) in [6.45, 7) is 19.4. The molecule has 5 heteroatoms. The lowest BCUT2D eigenvalue weighted by atomic mass is 9.77. The molecule has 0 fully saturated rings. The van der Waals surface area contributed by atoms with Crippen LogP contribution < -0.4 is 0 Å². The van der Waals surface area contributed by atoms with Crippen molar-refractivity contribution in [1.82, 2.24) is 0 Å². The lowest BCUT2D eigenvalue weighted by Gasteiger charge is -2.28. The zero-order chi connectivity index (χ0) is 31.5. The van der Waals surface area contributed by atoms with Gasteiger partial charge in [-0.15, -0.1) is 0 Å². The Hall–Kier alpha value is -2.04. The number of phenols is 1. The summed E-state index contributed by atoms with van der Waals surface area (Å²) in [4.78, 5) is 22.6. The predicted octanol–water partition coefficient (Wildman–Crippen LogP) is 10.3. The molecule has 1 unspecified atom stereocenters. The predicted molar refractivity (Wildman–Crippen MR) is 173 cm³/mol. The molecular weight excluding hydrogens is 512 g/mol. The lowest BCUT2D eigenvalue weighted by molar-refractivity contribution is -0.143. The number of hydrogen-bond acceptors (Lipinski definition) is 4. The molecule has 0 radical (unpaired) electrons. The summed E-state index contributed by atoms with van der Waals surface area (Å²) in [5.41, 5.74) is 2.43. The number of aliphatic carboxylic acids is 1. The van der Waals surface area contributed by atoms with Crippen molar-refractivity contribution in [2.45, 2.75) is 169 Å². The Kier molecular flexibility index (Phi) is 19.7. The van der Waals surface area contributed by atoms with Crippen LogP contribution in [0.15, 0.2) is 12.1 Å². The normalized spacial score (nSPS) is 12.4. The van der Waals surface area contributed by atoms with Gasteiger partial charge in [-0.1, -0.05) is 145 Å². The number of hydrogen-bond donors (Lipinski definition) is 2. The van der Waals surface area contributed by atoms with Gasteiger partial charge in [0.15, 0.2) is 0 Å². The van der Waals surface area contributed by atoms with Gasteiger partial charge in [0.05, 0.1) is 12.5 Å². The molecule has 0 aliphatic carbocycles. The number of benzene rings is 1. The highest BCUT2D eigenvalue weighted by Crippen LogP contribution is 2.40. The molecule has 0 saturated carbocycles. The highest BCUT2D eigenvalue weighted by Gasteiger charge is 2.28. The third-order valence-electron chi connectivity index (χ3n) is 7.57. The molecule has 0 spiro atoms. The molecule has 0 heterocycles. The van der Waals surface area contributed by atoms with Crippen LogP contribution in [-0.4, -0.2) is 28.8 Å². The largest absolute Gasteiger partial charge is 0.507 e. The van der Waals surface area contributed by atoms with Crippen molar-refractivity contribution in [1.29, 1.82) is 0 Å². The molecule has 41 heavy (non-hydrogen) atoms. The summed E-state index contributed by atoms with van der Waals surface area (Å²) in [7, 11) is 0. The van der Waals surface area contributed by atoms with Crippen molar-refractivity contribution in [3.63, 3.8) is 0 Å². The van der Waals surface area contributed by atoms with Crippen molar-refractivity contribution in [2.24, 2.45) is 5.92 Å². The van der Waals surface area contributed by atoms with Crippen molar-refractivity contribution >= 4 is 11.9 Å². The van der Waals surface area contributed by atoms with Gasteiger partial charge < -0.3 is 14.9 Å². The van der Waals surface area contributed by atoms with E-state index in [4.69, 9.17) is 4.74 Å². The van der Waals surface area contributed by atoms with Gasteiger partial charge in [0, 0.05) is 6.42 Å². The molecule has 1 aromatic rings. The Morgan fingerprint density at radius 1 is 0.732 bits per heavy atom. The zero-order valence-electron chi connectivity index (χ0n) is 28.2. The third kappa shape index (κ3) is 17.5. The second-order valence-electron chi connectivity index (χ2n) is 13.7. The Balaban J connectivity index is 0.00000103. The molecule has 0 aliphatic heterocycles. The average Bonchev–Trinajstić information content (AvgIpc) is 2.88. The number of carboxylic acid groups (broad SMARTS) is 1. The van der Waals surface area contributed by atoms with Gasteiger partial charge in [-0.05, 0) is 46.8 Å². The molecule has 1 aromatic carbocycles. The number of carbonyl (C=O) groups is 2. The average molecular weight is 577 g/mol. The fraction of sp³-hybridized carbons (Fsp3) is 0.778. The number of phenolic OH excluding ortho intramolecular Hbond substituents is 1. The molecule has 238 valence electrons. The van der Waals surface area contributed by atoms with Crippen LogP contribution in [-0.2, 0) is 31.6 Å². The highest BCUT2D eigenvalue weighted by atomic mass is 16.5. The summed E-state index contributed by atoms with van der Waals surface area (Å²) in [5, 5.41) is 20.6. The standard InChI is InChI=1S/C25H42O3.C11H22O2/c1-8-9-10-11-12-13-14-19(23(27)28)15-18-16-20(24(2,3)4)22(26)21(17-18)25(5,6)7;1-3-5-6-7-8-9-10-13-11(12)4-2/h16-17,19,26H,8-15H2,1-7H3,(H,27,28);3-10H2,1-2H3. The number of unbranched alkanes of at least 4 members (excludes halogenated alkanes) is 10. The molecule has 1 rings (SSSR count). The zero-order valence-corrected chi connectivity index (χ0v) is 28.2. The van der Waals surface area contributed by atoms with Crippen LogP contribution in [0.5, 0.6) is 5.75 Å². The van der Waals surface area contributed by atoms with E-state index in [1.165, 1.54) is 57.8 Å². The van der Waals surface area contributed by atoms with Gasteiger partial charge in [-0.2, -0.15) is 0 Å². The lowest BCUT2D eigenvalue weighted by Crippen LogP contribution is -2.20. The summed E-state index contributed by atoms with van der Waals surface area (Å²) >= 11 is 0. The van der Waals surface area contributed by atoms with E-state index in [0.717, 1.165) is 42.4 Å². The first-order valence-electron chi connectivity index (χ1n) is 16.4. The van der Waals surface area contributed by atoms with E-state index in [1.807, 2.05) is 19.1 Å². The molecule has 0 aromatic heterocycles. The second-order valence-corrected chi connectivity index (χ2v) is 13.7. The maximum atomic E-state index is 11.9. The van der Waals surface area contributed by atoms with E-state index in [1.54, 1.807) is 0 Å². The summed E-state index contributed by atoms with van der Waals surface area (Å²) < 4.78 is 4.96. The Labute approximate surface area is 252 Å². The minimum absolute atomic E-state index is 0.0754. The number of aromatic hydroxyl groups is 1. The topological polar surface area (TPSA) is 83.8 Å². The van der Waals surface area contributed by atoms with Crippen LogP contribution in [0, 0.1) is 5.92 Å². The number of carbonyl (C=O) groups excluding carboxylic acids is 1. The van der Waals surface area contributed by atoms with Crippen molar-refractivity contribution in [2.75, 3.05) is 6.61 Å². The second kappa shape index (κ2) is 20.8. The van der Waals surface area contributed by atoms with Gasteiger partial charge in [0.2, 0.25) is 0 Å². The number of esters is 1. The maximum absolute atomic E-state index is 11.9. The Morgan fingerprint density at radius 2 is 1.17 bits per heavy atom. The quantitative estimate of drug-likeness (QED) is 0.134. The van der Waals surface area contributed by atoms with Crippen molar-refractivity contribution < 1.29 is 24.5 Å². The molecule has 0 aliphatic rings. The van der Waals surface area contributed by atoms with Gasteiger partial charge in [-0.3, -0.25) is 9.59 Å². The van der Waals surface area contributed by atoms with E-state index in [2.05, 4.69) is 55.4 Å². The van der Waals surface area contributed by atoms with Gasteiger partial charge in [0.25, 0.3) is 0 Å². The van der Waals surface area contributed by atoms with Gasteiger partial charge in [0.1, 0.15) is 5.75 Å². The Morgan fingerprint density at radius 3 is 1.59 bits per heavy atom. The maximum Gasteiger partial charge on any atom is 0.306 e. The van der Waals surface area contributed by atoms with Crippen LogP contribution >= 0.6 is 0 Å². The molecular formula is C36H64O5. The van der Waals surface area contributed by atoms with E-state index < -0.39 is 5.97 Å².